The first-order valence-corrected chi connectivity index (χ1v) is 5.83. The normalized spacial score (nSPS) is 24.5. The highest BCUT2D eigenvalue weighted by Crippen LogP contribution is 2.23. The fraction of sp³-hybridized carbons (Fsp3) is 0.833. The van der Waals surface area contributed by atoms with Crippen LogP contribution in [0.1, 0.15) is 46.0 Å². The summed E-state index contributed by atoms with van der Waals surface area (Å²) in [6.07, 6.45) is 4.88. The molecule has 1 rings (SSSR count). The lowest BCUT2D eigenvalue weighted by Crippen LogP contribution is -2.46. The zero-order chi connectivity index (χ0) is 11.3. The number of nitrogens with zero attached hydrogens (tertiary/aromatic N) is 2. The molecule has 0 aromatic rings. The van der Waals surface area contributed by atoms with Crippen molar-refractivity contribution in [2.75, 3.05) is 6.54 Å². The van der Waals surface area contributed by atoms with Gasteiger partial charge in [0.05, 0.1) is 12.1 Å². The van der Waals surface area contributed by atoms with E-state index in [9.17, 15) is 4.79 Å². The van der Waals surface area contributed by atoms with Crippen LogP contribution in [0.15, 0.2) is 0 Å². The zero-order valence-corrected chi connectivity index (χ0v) is 9.70. The van der Waals surface area contributed by atoms with Crippen molar-refractivity contribution in [2.24, 2.45) is 0 Å². The molecule has 0 spiro atoms. The largest absolute Gasteiger partial charge is 0.300 e. The van der Waals surface area contributed by atoms with Crippen molar-refractivity contribution in [1.29, 1.82) is 5.26 Å². The Hall–Kier alpha value is -0.880. The van der Waals surface area contributed by atoms with Crippen molar-refractivity contribution in [3.63, 3.8) is 0 Å². The van der Waals surface area contributed by atoms with Gasteiger partial charge in [-0.2, -0.15) is 5.26 Å². The summed E-state index contributed by atoms with van der Waals surface area (Å²) >= 11 is 0. The molecule has 1 aliphatic rings. The third-order valence-electron chi connectivity index (χ3n) is 3.13. The predicted molar refractivity (Wildman–Crippen MR) is 59.3 cm³/mol. The van der Waals surface area contributed by atoms with E-state index >= 15 is 0 Å². The Bertz CT molecular complexity index is 257. The molecule has 3 nitrogen and oxygen atoms in total. The molecule has 0 radical (unpaired) electrons. The topological polar surface area (TPSA) is 44.1 Å². The number of carbonyl (C=O) groups excluding carboxylic acids is 1. The average molecular weight is 208 g/mol. The maximum Gasteiger partial charge on any atom is 0.131 e. The van der Waals surface area contributed by atoms with Gasteiger partial charge in [-0.3, -0.25) is 9.69 Å². The number of carbonyl (C=O) groups is 1. The number of Topliss-reactive ketones (excluding diaryl/α,β-unsaturated/α-hetero) is 1. The van der Waals surface area contributed by atoms with Crippen molar-refractivity contribution in [2.45, 2.75) is 58.0 Å². The first-order chi connectivity index (χ1) is 7.19. The lowest BCUT2D eigenvalue weighted by Gasteiger charge is -2.37. The van der Waals surface area contributed by atoms with E-state index in [-0.39, 0.29) is 11.8 Å². The van der Waals surface area contributed by atoms with Gasteiger partial charge in [0.15, 0.2) is 0 Å². The number of nitriles is 1. The van der Waals surface area contributed by atoms with E-state index in [1.54, 1.807) is 6.92 Å². The zero-order valence-electron chi connectivity index (χ0n) is 9.70. The van der Waals surface area contributed by atoms with Crippen LogP contribution < -0.4 is 0 Å². The smallest absolute Gasteiger partial charge is 0.131 e. The molecule has 0 aromatic heterocycles. The summed E-state index contributed by atoms with van der Waals surface area (Å²) in [5.74, 6) is 0.236. The molecular formula is C12H20N2O. The van der Waals surface area contributed by atoms with Gasteiger partial charge in [-0.1, -0.05) is 13.3 Å². The minimum atomic E-state index is -0.00495. The SMILES string of the molecule is CCC(C#N)N1CCCCC1CC(C)=O. The quantitative estimate of drug-likeness (QED) is 0.710. The second-order valence-electron chi connectivity index (χ2n) is 4.35. The van der Waals surface area contributed by atoms with E-state index in [0.717, 1.165) is 25.8 Å². The van der Waals surface area contributed by atoms with Gasteiger partial charge in [0.25, 0.3) is 0 Å². The molecule has 3 heteroatoms. The Labute approximate surface area is 92.1 Å². The van der Waals surface area contributed by atoms with E-state index in [4.69, 9.17) is 5.26 Å². The lowest BCUT2D eigenvalue weighted by atomic mass is 9.95. The van der Waals surface area contributed by atoms with E-state index in [1.165, 1.54) is 6.42 Å². The minimum absolute atomic E-state index is 0.00495. The molecule has 0 N–H and O–H groups in total. The van der Waals surface area contributed by atoms with Gasteiger partial charge in [0, 0.05) is 12.5 Å². The highest BCUT2D eigenvalue weighted by Gasteiger charge is 2.28. The van der Waals surface area contributed by atoms with Crippen LogP contribution in [-0.4, -0.2) is 29.3 Å². The van der Waals surface area contributed by atoms with Crippen molar-refractivity contribution < 1.29 is 4.79 Å². The molecule has 0 aromatic carbocycles. The molecule has 0 aliphatic carbocycles. The van der Waals surface area contributed by atoms with Crippen molar-refractivity contribution >= 4 is 5.78 Å². The Morgan fingerprint density at radius 1 is 1.60 bits per heavy atom. The van der Waals surface area contributed by atoms with Gasteiger partial charge in [-0.25, -0.2) is 0 Å². The molecule has 1 heterocycles. The van der Waals surface area contributed by atoms with Crippen LogP contribution in [0.2, 0.25) is 0 Å². The maximum atomic E-state index is 11.1. The molecule has 15 heavy (non-hydrogen) atoms. The van der Waals surface area contributed by atoms with Gasteiger partial charge in [0.1, 0.15) is 5.78 Å². The minimum Gasteiger partial charge on any atom is -0.300 e. The summed E-state index contributed by atoms with van der Waals surface area (Å²) in [4.78, 5) is 13.4. The predicted octanol–water partition coefficient (Wildman–Crippen LogP) is 2.12. The number of ketones is 1. The second-order valence-corrected chi connectivity index (χ2v) is 4.35. The van der Waals surface area contributed by atoms with Crippen LogP contribution in [0.4, 0.5) is 0 Å². The van der Waals surface area contributed by atoms with Crippen LogP contribution in [0.5, 0.6) is 0 Å². The summed E-state index contributed by atoms with van der Waals surface area (Å²) < 4.78 is 0. The third kappa shape index (κ3) is 3.32. The molecular weight excluding hydrogens is 188 g/mol. The summed E-state index contributed by atoms with van der Waals surface area (Å²) in [5, 5.41) is 9.05. The van der Waals surface area contributed by atoms with Gasteiger partial charge < -0.3 is 0 Å². The number of hydrogen-bond acceptors (Lipinski definition) is 3. The van der Waals surface area contributed by atoms with Crippen molar-refractivity contribution in [3.05, 3.63) is 0 Å². The molecule has 2 atom stereocenters. The van der Waals surface area contributed by atoms with Crippen LogP contribution in [0.25, 0.3) is 0 Å². The monoisotopic (exact) mass is 208 g/mol. The van der Waals surface area contributed by atoms with Gasteiger partial charge in [-0.05, 0) is 32.7 Å². The highest BCUT2D eigenvalue weighted by molar-refractivity contribution is 5.76. The fourth-order valence-electron chi connectivity index (χ4n) is 2.38. The Kier molecular flexibility index (Phi) is 4.77. The summed E-state index contributed by atoms with van der Waals surface area (Å²) in [6, 6.07) is 2.64. The van der Waals surface area contributed by atoms with Crippen molar-refractivity contribution in [1.82, 2.24) is 4.90 Å². The number of hydrogen-bond donors (Lipinski definition) is 0. The first kappa shape index (κ1) is 12.2. The lowest BCUT2D eigenvalue weighted by molar-refractivity contribution is -0.118. The highest BCUT2D eigenvalue weighted by atomic mass is 16.1. The average Bonchev–Trinajstić information content (AvgIpc) is 2.21. The van der Waals surface area contributed by atoms with E-state index in [2.05, 4.69) is 11.0 Å². The third-order valence-corrected chi connectivity index (χ3v) is 3.13. The molecule has 0 bridgehead atoms. The molecule has 84 valence electrons. The van der Waals surface area contributed by atoms with Crippen LogP contribution >= 0.6 is 0 Å². The summed E-state index contributed by atoms with van der Waals surface area (Å²) in [5.41, 5.74) is 0. The van der Waals surface area contributed by atoms with Crippen LogP contribution in [0.3, 0.4) is 0 Å². The number of rotatable bonds is 4. The molecule has 1 fully saturated rings. The fourth-order valence-corrected chi connectivity index (χ4v) is 2.38. The van der Waals surface area contributed by atoms with Gasteiger partial charge in [-0.15, -0.1) is 0 Å². The Balaban J connectivity index is 2.64. The molecule has 0 saturated carbocycles. The molecule has 1 aliphatic heterocycles. The number of piperidine rings is 1. The van der Waals surface area contributed by atoms with Crippen LogP contribution in [-0.2, 0) is 4.79 Å². The first-order valence-electron chi connectivity index (χ1n) is 5.83. The standard InChI is InChI=1S/C12H20N2O/c1-3-11(9-13)14-7-5-4-6-12(14)8-10(2)15/h11-12H,3-8H2,1-2H3. The summed E-state index contributed by atoms with van der Waals surface area (Å²) in [6.45, 7) is 4.65. The van der Waals surface area contributed by atoms with E-state index in [0.29, 0.717) is 12.5 Å². The van der Waals surface area contributed by atoms with Crippen LogP contribution in [0, 0.1) is 11.3 Å². The Morgan fingerprint density at radius 2 is 2.33 bits per heavy atom. The van der Waals surface area contributed by atoms with E-state index in [1.807, 2.05) is 6.92 Å². The molecule has 0 amide bonds. The molecule has 1 saturated heterocycles. The Morgan fingerprint density at radius 3 is 2.87 bits per heavy atom. The number of likely N-dealkylation sites (tertiary alicyclic amines) is 1. The van der Waals surface area contributed by atoms with E-state index < -0.39 is 0 Å². The summed E-state index contributed by atoms with van der Waals surface area (Å²) in [7, 11) is 0. The van der Waals surface area contributed by atoms with Gasteiger partial charge >= 0.3 is 0 Å². The second kappa shape index (κ2) is 5.87. The maximum absolute atomic E-state index is 11.1. The van der Waals surface area contributed by atoms with Crippen molar-refractivity contribution in [3.8, 4) is 6.07 Å². The van der Waals surface area contributed by atoms with Gasteiger partial charge in [0.2, 0.25) is 0 Å². The molecule has 2 unspecified atom stereocenters.